The van der Waals surface area contributed by atoms with Gasteiger partial charge in [-0.05, 0) is 49.9 Å². The lowest BCUT2D eigenvalue weighted by Crippen LogP contribution is -2.40. The highest BCUT2D eigenvalue weighted by molar-refractivity contribution is 5.94. The Morgan fingerprint density at radius 2 is 1.95 bits per heavy atom. The largest absolute Gasteiger partial charge is 0.381 e. The number of carbonyl (C=O) groups excluding carboxylic acids is 1. The lowest BCUT2D eigenvalue weighted by atomic mass is 9.93. The van der Waals surface area contributed by atoms with Gasteiger partial charge >= 0.3 is 0 Å². The number of hydrogen-bond acceptors (Lipinski definition) is 4. The first kappa shape index (κ1) is 13.8. The molecular weight excluding hydrogens is 242 g/mol. The maximum atomic E-state index is 12.1. The van der Waals surface area contributed by atoms with E-state index < -0.39 is 0 Å². The number of hydrazine groups is 1. The molecule has 5 nitrogen and oxygen atoms in total. The molecule has 5 heteroatoms. The third-order valence-corrected chi connectivity index (χ3v) is 3.65. The highest BCUT2D eigenvalue weighted by Crippen LogP contribution is 2.19. The number of nitrogens with one attached hydrogen (secondary N) is 2. The first-order valence-corrected chi connectivity index (χ1v) is 6.66. The smallest absolute Gasteiger partial charge is 0.251 e. The average Bonchev–Trinajstić information content (AvgIpc) is 2.48. The second-order valence-corrected chi connectivity index (χ2v) is 4.93. The van der Waals surface area contributed by atoms with Crippen LogP contribution in [0.25, 0.3) is 0 Å². The van der Waals surface area contributed by atoms with E-state index in [0.717, 1.165) is 31.7 Å². The predicted molar refractivity (Wildman–Crippen MR) is 74.7 cm³/mol. The average molecular weight is 263 g/mol. The second-order valence-electron chi connectivity index (χ2n) is 4.93. The monoisotopic (exact) mass is 263 g/mol. The number of hydrogen-bond donors (Lipinski definition) is 3. The fourth-order valence-corrected chi connectivity index (χ4v) is 2.34. The molecule has 0 bridgehead atoms. The highest BCUT2D eigenvalue weighted by atomic mass is 16.5. The third kappa shape index (κ3) is 3.68. The van der Waals surface area contributed by atoms with Gasteiger partial charge in [0, 0.05) is 30.5 Å². The number of anilines is 1. The maximum absolute atomic E-state index is 12.1. The molecule has 1 aromatic carbocycles. The molecule has 0 aliphatic carbocycles. The Labute approximate surface area is 113 Å². The van der Waals surface area contributed by atoms with E-state index in [1.54, 1.807) is 24.3 Å². The minimum absolute atomic E-state index is 0.0393. The molecule has 1 saturated heterocycles. The Morgan fingerprint density at radius 3 is 2.53 bits per heavy atom. The standard InChI is InChI=1S/C14H21N3O2/c1-10(11-6-8-19-9-7-11)16-14(18)12-2-4-13(17-15)5-3-12/h2-5,10-11,17H,6-9,15H2,1H3,(H,16,18). The van der Waals surface area contributed by atoms with Gasteiger partial charge in [-0.3, -0.25) is 10.6 Å². The summed E-state index contributed by atoms with van der Waals surface area (Å²) in [6.45, 7) is 3.65. The highest BCUT2D eigenvalue weighted by Gasteiger charge is 2.22. The molecule has 1 unspecified atom stereocenters. The molecule has 1 aromatic rings. The van der Waals surface area contributed by atoms with Gasteiger partial charge in [0.1, 0.15) is 0 Å². The fourth-order valence-electron chi connectivity index (χ4n) is 2.34. The molecule has 1 aliphatic heterocycles. The van der Waals surface area contributed by atoms with Crippen molar-refractivity contribution in [1.82, 2.24) is 5.32 Å². The second kappa shape index (κ2) is 6.54. The lowest BCUT2D eigenvalue weighted by molar-refractivity contribution is 0.0538. The van der Waals surface area contributed by atoms with Crippen molar-refractivity contribution >= 4 is 11.6 Å². The van der Waals surface area contributed by atoms with Gasteiger partial charge in [0.2, 0.25) is 0 Å². The summed E-state index contributed by atoms with van der Waals surface area (Å²) in [7, 11) is 0. The van der Waals surface area contributed by atoms with Gasteiger partial charge in [-0.15, -0.1) is 0 Å². The molecule has 0 spiro atoms. The normalized spacial score (nSPS) is 17.8. The van der Waals surface area contributed by atoms with E-state index in [4.69, 9.17) is 10.6 Å². The molecule has 0 aromatic heterocycles. The molecule has 104 valence electrons. The Hall–Kier alpha value is -1.59. The summed E-state index contributed by atoms with van der Waals surface area (Å²) >= 11 is 0. The van der Waals surface area contributed by atoms with Crippen LogP contribution in [0, 0.1) is 5.92 Å². The van der Waals surface area contributed by atoms with Crippen LogP contribution in [0.3, 0.4) is 0 Å². The van der Waals surface area contributed by atoms with Crippen LogP contribution >= 0.6 is 0 Å². The number of benzene rings is 1. The number of rotatable bonds is 4. The molecule has 1 heterocycles. The van der Waals surface area contributed by atoms with Crippen LogP contribution in [0.5, 0.6) is 0 Å². The predicted octanol–water partition coefficient (Wildman–Crippen LogP) is 1.52. The Morgan fingerprint density at radius 1 is 1.32 bits per heavy atom. The summed E-state index contributed by atoms with van der Waals surface area (Å²) in [5.41, 5.74) is 3.98. The van der Waals surface area contributed by atoms with Crippen LogP contribution in [0.4, 0.5) is 5.69 Å². The van der Waals surface area contributed by atoms with E-state index in [9.17, 15) is 4.79 Å². The molecule has 19 heavy (non-hydrogen) atoms. The number of amides is 1. The van der Waals surface area contributed by atoms with E-state index in [-0.39, 0.29) is 11.9 Å². The molecule has 1 amide bonds. The number of carbonyl (C=O) groups is 1. The maximum Gasteiger partial charge on any atom is 0.251 e. The third-order valence-electron chi connectivity index (χ3n) is 3.65. The summed E-state index contributed by atoms with van der Waals surface area (Å²) in [4.78, 5) is 12.1. The van der Waals surface area contributed by atoms with Gasteiger partial charge in [-0.2, -0.15) is 0 Å². The van der Waals surface area contributed by atoms with E-state index in [0.29, 0.717) is 11.5 Å². The fraction of sp³-hybridized carbons (Fsp3) is 0.500. The Balaban J connectivity index is 1.91. The Kier molecular flexibility index (Phi) is 4.76. The van der Waals surface area contributed by atoms with Crippen LogP contribution in [-0.2, 0) is 4.74 Å². The van der Waals surface area contributed by atoms with Gasteiger partial charge in [-0.1, -0.05) is 0 Å². The number of nitrogen functional groups attached to an aromatic ring is 1. The van der Waals surface area contributed by atoms with Crippen molar-refractivity contribution in [2.24, 2.45) is 11.8 Å². The van der Waals surface area contributed by atoms with Crippen molar-refractivity contribution in [2.45, 2.75) is 25.8 Å². The van der Waals surface area contributed by atoms with E-state index in [2.05, 4.69) is 17.7 Å². The minimum Gasteiger partial charge on any atom is -0.381 e. The van der Waals surface area contributed by atoms with Gasteiger partial charge in [0.25, 0.3) is 5.91 Å². The van der Waals surface area contributed by atoms with Crippen LogP contribution in [0.2, 0.25) is 0 Å². The van der Waals surface area contributed by atoms with Crippen LogP contribution in [0.1, 0.15) is 30.1 Å². The molecule has 1 aliphatic rings. The molecular formula is C14H21N3O2. The number of nitrogens with two attached hydrogens (primary N) is 1. The lowest BCUT2D eigenvalue weighted by Gasteiger charge is -2.28. The van der Waals surface area contributed by atoms with Crippen LogP contribution < -0.4 is 16.6 Å². The van der Waals surface area contributed by atoms with Crippen LogP contribution in [0.15, 0.2) is 24.3 Å². The molecule has 1 fully saturated rings. The summed E-state index contributed by atoms with van der Waals surface area (Å²) in [5, 5.41) is 3.06. The van der Waals surface area contributed by atoms with Gasteiger partial charge in [0.05, 0.1) is 0 Å². The van der Waals surface area contributed by atoms with Crippen LogP contribution in [-0.4, -0.2) is 25.2 Å². The van der Waals surface area contributed by atoms with Gasteiger partial charge in [-0.25, -0.2) is 0 Å². The van der Waals surface area contributed by atoms with E-state index >= 15 is 0 Å². The van der Waals surface area contributed by atoms with Crippen molar-refractivity contribution < 1.29 is 9.53 Å². The SMILES string of the molecule is CC(NC(=O)c1ccc(NN)cc1)C1CCOCC1. The quantitative estimate of drug-likeness (QED) is 0.568. The Bertz CT molecular complexity index is 413. The molecule has 1 atom stereocenters. The zero-order chi connectivity index (χ0) is 13.7. The van der Waals surface area contributed by atoms with Gasteiger partial charge < -0.3 is 15.5 Å². The van der Waals surface area contributed by atoms with Crippen molar-refractivity contribution in [2.75, 3.05) is 18.6 Å². The zero-order valence-corrected chi connectivity index (χ0v) is 11.2. The molecule has 0 saturated carbocycles. The van der Waals surface area contributed by atoms with Crippen molar-refractivity contribution in [1.29, 1.82) is 0 Å². The van der Waals surface area contributed by atoms with Crippen molar-refractivity contribution in [3.05, 3.63) is 29.8 Å². The molecule has 2 rings (SSSR count). The first-order valence-electron chi connectivity index (χ1n) is 6.66. The minimum atomic E-state index is -0.0393. The summed E-state index contributed by atoms with van der Waals surface area (Å²) in [6, 6.07) is 7.27. The topological polar surface area (TPSA) is 76.4 Å². The summed E-state index contributed by atoms with van der Waals surface area (Å²) in [5.74, 6) is 5.76. The van der Waals surface area contributed by atoms with Gasteiger partial charge in [0.15, 0.2) is 0 Å². The van der Waals surface area contributed by atoms with Crippen molar-refractivity contribution in [3.8, 4) is 0 Å². The molecule has 4 N–H and O–H groups in total. The summed E-state index contributed by atoms with van der Waals surface area (Å²) < 4.78 is 5.33. The number of ether oxygens (including phenoxy) is 1. The van der Waals surface area contributed by atoms with E-state index in [1.807, 2.05) is 0 Å². The zero-order valence-electron chi connectivity index (χ0n) is 11.2. The van der Waals surface area contributed by atoms with E-state index in [1.165, 1.54) is 0 Å². The van der Waals surface area contributed by atoms with Crippen molar-refractivity contribution in [3.63, 3.8) is 0 Å². The molecule has 0 radical (unpaired) electrons. The first-order chi connectivity index (χ1) is 9.20. The summed E-state index contributed by atoms with van der Waals surface area (Å²) in [6.07, 6.45) is 2.02.